The summed E-state index contributed by atoms with van der Waals surface area (Å²) in [6.07, 6.45) is 1.57. The van der Waals surface area contributed by atoms with E-state index in [0.29, 0.717) is 32.8 Å². The fraction of sp³-hybridized carbons (Fsp3) is 0.174. The lowest BCUT2D eigenvalue weighted by molar-refractivity contribution is 0.0702. The Bertz CT molecular complexity index is 1230. The van der Waals surface area contributed by atoms with Crippen LogP contribution in [0.5, 0.6) is 0 Å². The van der Waals surface area contributed by atoms with Gasteiger partial charge in [0, 0.05) is 27.9 Å². The van der Waals surface area contributed by atoms with E-state index in [1.165, 1.54) is 18.2 Å². The summed E-state index contributed by atoms with van der Waals surface area (Å²) in [5.74, 6) is -1.76. The molecule has 0 aliphatic carbocycles. The van der Waals surface area contributed by atoms with Crippen molar-refractivity contribution in [3.05, 3.63) is 64.3 Å². The first-order chi connectivity index (χ1) is 14.6. The van der Waals surface area contributed by atoms with Crippen LogP contribution in [0.3, 0.4) is 0 Å². The van der Waals surface area contributed by atoms with Crippen LogP contribution in [0.15, 0.2) is 47.5 Å². The van der Waals surface area contributed by atoms with Gasteiger partial charge < -0.3 is 15.9 Å². The molecule has 158 valence electrons. The molecule has 0 radical (unpaired) electrons. The molecule has 0 bridgehead atoms. The Balaban J connectivity index is 2.15. The Morgan fingerprint density at radius 1 is 1.26 bits per heavy atom. The number of carboxylic acid groups (broad SMARTS) is 1. The van der Waals surface area contributed by atoms with Crippen molar-refractivity contribution in [2.75, 3.05) is 12.3 Å². The van der Waals surface area contributed by atoms with Crippen molar-refractivity contribution >= 4 is 29.2 Å². The molecule has 0 aliphatic rings. The third-order valence-electron chi connectivity index (χ3n) is 4.63. The van der Waals surface area contributed by atoms with E-state index in [-0.39, 0.29) is 17.0 Å². The normalized spacial score (nSPS) is 11.6. The fourth-order valence-electron chi connectivity index (χ4n) is 2.81. The molecule has 0 spiro atoms. The van der Waals surface area contributed by atoms with Crippen LogP contribution in [0.1, 0.15) is 34.6 Å². The molecule has 31 heavy (non-hydrogen) atoms. The maximum absolute atomic E-state index is 14.2. The molecule has 0 saturated heterocycles. The molecule has 4 N–H and O–H groups in total. The first-order valence-electron chi connectivity index (χ1n) is 9.28. The van der Waals surface area contributed by atoms with Crippen LogP contribution in [0.4, 0.5) is 10.1 Å². The zero-order valence-corrected chi connectivity index (χ0v) is 17.7. The van der Waals surface area contributed by atoms with Crippen LogP contribution in [0, 0.1) is 17.1 Å². The van der Waals surface area contributed by atoms with Crippen LogP contribution < -0.4 is 5.73 Å². The maximum Gasteiger partial charge on any atom is 0.345 e. The molecule has 8 heteroatoms. The number of aliphatic imine (C=N–C) groups is 1. The third-order valence-corrected chi connectivity index (χ3v) is 5.80. The van der Waals surface area contributed by atoms with Gasteiger partial charge in [0.25, 0.3) is 0 Å². The van der Waals surface area contributed by atoms with Gasteiger partial charge in [0.2, 0.25) is 0 Å². The summed E-state index contributed by atoms with van der Waals surface area (Å²) >= 11 is 1.06. The second kappa shape index (κ2) is 8.68. The Kier molecular flexibility index (Phi) is 6.20. The van der Waals surface area contributed by atoms with E-state index in [0.717, 1.165) is 11.3 Å². The Morgan fingerprint density at radius 3 is 2.58 bits per heavy atom. The second-order valence-electron chi connectivity index (χ2n) is 7.54. The number of carbonyl (C=O) groups is 1. The number of nitriles is 1. The van der Waals surface area contributed by atoms with Crippen molar-refractivity contribution in [3.63, 3.8) is 0 Å². The Labute approximate surface area is 182 Å². The van der Waals surface area contributed by atoms with Gasteiger partial charge in [0.05, 0.1) is 17.7 Å². The van der Waals surface area contributed by atoms with E-state index in [4.69, 9.17) is 11.0 Å². The monoisotopic (exact) mass is 437 g/mol. The highest BCUT2D eigenvalue weighted by Gasteiger charge is 2.19. The lowest BCUT2D eigenvalue weighted by atomic mass is 9.99. The van der Waals surface area contributed by atoms with Gasteiger partial charge in [0.1, 0.15) is 16.8 Å². The molecule has 1 heterocycles. The van der Waals surface area contributed by atoms with Gasteiger partial charge in [-0.1, -0.05) is 12.1 Å². The van der Waals surface area contributed by atoms with E-state index < -0.39 is 17.3 Å². The minimum atomic E-state index is -1.09. The number of rotatable bonds is 6. The Hall–Kier alpha value is -3.54. The summed E-state index contributed by atoms with van der Waals surface area (Å²) in [4.78, 5) is 16.7. The van der Waals surface area contributed by atoms with Crippen molar-refractivity contribution in [1.82, 2.24) is 0 Å². The number of hydrogen-bond acceptors (Lipinski definition) is 6. The molecule has 2 aromatic carbocycles. The fourth-order valence-corrected chi connectivity index (χ4v) is 3.83. The molecule has 3 aromatic rings. The smallest absolute Gasteiger partial charge is 0.345 e. The number of thiophene rings is 1. The predicted molar refractivity (Wildman–Crippen MR) is 120 cm³/mol. The average molecular weight is 437 g/mol. The number of nitrogens with two attached hydrogens (primary N) is 1. The van der Waals surface area contributed by atoms with Gasteiger partial charge >= 0.3 is 5.97 Å². The van der Waals surface area contributed by atoms with Crippen molar-refractivity contribution in [2.45, 2.75) is 19.4 Å². The number of nitrogen functional groups attached to an aromatic ring is 1. The number of anilines is 1. The molecule has 0 saturated carbocycles. The van der Waals surface area contributed by atoms with Gasteiger partial charge in [-0.15, -0.1) is 11.3 Å². The SMILES string of the molecule is CC(C)(CO)N=Cc1cc(-c2sc(C(=O)O)cc2-c2ccc(C#N)c(F)c2)ccc1N. The van der Waals surface area contributed by atoms with E-state index >= 15 is 0 Å². The number of aliphatic hydroxyl groups excluding tert-OH is 1. The van der Waals surface area contributed by atoms with E-state index in [2.05, 4.69) is 4.99 Å². The first-order valence-corrected chi connectivity index (χ1v) is 10.1. The molecule has 3 rings (SSSR count). The standard InChI is InChI=1S/C23H20FN3O3S/c1-23(2,12-28)27-11-16-7-14(5-6-19(16)26)21-17(9-20(31-21)22(29)30)13-3-4-15(10-25)18(24)8-13/h3-9,11,28H,12,26H2,1-2H3,(H,29,30). The minimum absolute atomic E-state index is 0.0866. The summed E-state index contributed by atoms with van der Waals surface area (Å²) in [6, 6.07) is 12.6. The van der Waals surface area contributed by atoms with E-state index in [1.54, 1.807) is 50.4 Å². The van der Waals surface area contributed by atoms with Crippen LogP contribution in [0.2, 0.25) is 0 Å². The number of benzene rings is 2. The lowest BCUT2D eigenvalue weighted by Gasteiger charge is -2.15. The predicted octanol–water partition coefficient (Wildman–Crippen LogP) is 4.56. The average Bonchev–Trinajstić information content (AvgIpc) is 3.19. The largest absolute Gasteiger partial charge is 0.477 e. The number of halogens is 1. The highest BCUT2D eigenvalue weighted by atomic mass is 32.1. The molecule has 1 aromatic heterocycles. The minimum Gasteiger partial charge on any atom is -0.477 e. The van der Waals surface area contributed by atoms with Crippen molar-refractivity contribution in [3.8, 4) is 27.6 Å². The molecule has 6 nitrogen and oxygen atoms in total. The van der Waals surface area contributed by atoms with Crippen LogP contribution in [-0.4, -0.2) is 34.5 Å². The van der Waals surface area contributed by atoms with Crippen molar-refractivity contribution < 1.29 is 19.4 Å². The van der Waals surface area contributed by atoms with E-state index in [9.17, 15) is 19.4 Å². The second-order valence-corrected chi connectivity index (χ2v) is 8.59. The topological polar surface area (TPSA) is 120 Å². The molecule has 0 unspecified atom stereocenters. The highest BCUT2D eigenvalue weighted by molar-refractivity contribution is 7.18. The quantitative estimate of drug-likeness (QED) is 0.386. The van der Waals surface area contributed by atoms with Crippen molar-refractivity contribution in [1.29, 1.82) is 5.26 Å². The molecular formula is C23H20FN3O3S. The number of hydrogen-bond donors (Lipinski definition) is 3. The molecule has 0 amide bonds. The molecule has 0 aliphatic heterocycles. The van der Waals surface area contributed by atoms with Crippen molar-refractivity contribution in [2.24, 2.45) is 4.99 Å². The van der Waals surface area contributed by atoms with E-state index in [1.807, 2.05) is 0 Å². The summed E-state index contributed by atoms with van der Waals surface area (Å²) in [7, 11) is 0. The number of aliphatic hydroxyl groups is 1. The van der Waals surface area contributed by atoms with Gasteiger partial charge in [-0.3, -0.25) is 4.99 Å². The highest BCUT2D eigenvalue weighted by Crippen LogP contribution is 2.40. The van der Waals surface area contributed by atoms with Gasteiger partial charge in [0.15, 0.2) is 0 Å². The van der Waals surface area contributed by atoms with Gasteiger partial charge in [-0.25, -0.2) is 9.18 Å². The number of aromatic carboxylic acids is 1. The Morgan fingerprint density at radius 2 is 1.97 bits per heavy atom. The summed E-state index contributed by atoms with van der Waals surface area (Å²) in [5, 5.41) is 27.8. The van der Waals surface area contributed by atoms with Gasteiger partial charge in [-0.05, 0) is 55.3 Å². The summed E-state index contributed by atoms with van der Waals surface area (Å²) in [6.45, 7) is 3.42. The van der Waals surface area contributed by atoms with Crippen LogP contribution in [0.25, 0.3) is 21.6 Å². The lowest BCUT2D eigenvalue weighted by Crippen LogP contribution is -2.22. The zero-order chi connectivity index (χ0) is 22.8. The van der Waals surface area contributed by atoms with Gasteiger partial charge in [-0.2, -0.15) is 5.26 Å². The number of carboxylic acids is 1. The number of nitrogens with zero attached hydrogens (tertiary/aromatic N) is 2. The molecule has 0 atom stereocenters. The third kappa shape index (κ3) is 4.79. The molecule has 0 fully saturated rings. The summed E-state index contributed by atoms with van der Waals surface area (Å²) < 4.78 is 14.2. The zero-order valence-electron chi connectivity index (χ0n) is 16.9. The maximum atomic E-state index is 14.2. The van der Waals surface area contributed by atoms with Crippen LogP contribution in [-0.2, 0) is 0 Å². The van der Waals surface area contributed by atoms with Crippen LogP contribution >= 0.6 is 11.3 Å². The first kappa shape index (κ1) is 22.2. The summed E-state index contributed by atoms with van der Waals surface area (Å²) in [5.41, 5.74) is 8.08. The molecular weight excluding hydrogens is 417 g/mol.